The number of rotatable bonds is 6. The molecule has 0 aliphatic carbocycles. The molecule has 1 aromatic carbocycles. The van der Waals surface area contributed by atoms with Crippen molar-refractivity contribution in [1.29, 1.82) is 5.26 Å². The Bertz CT molecular complexity index is 1290. The van der Waals surface area contributed by atoms with Crippen LogP contribution in [-0.2, 0) is 13.0 Å². The molecule has 0 aliphatic heterocycles. The van der Waals surface area contributed by atoms with Gasteiger partial charge in [0.2, 0.25) is 0 Å². The molecule has 7 heteroatoms. The first kappa shape index (κ1) is 21.3. The molecule has 0 unspecified atom stereocenters. The van der Waals surface area contributed by atoms with Crippen molar-refractivity contribution in [3.8, 4) is 23.1 Å². The fourth-order valence-electron chi connectivity index (χ4n) is 3.63. The van der Waals surface area contributed by atoms with E-state index < -0.39 is 0 Å². The van der Waals surface area contributed by atoms with E-state index in [2.05, 4.69) is 64.3 Å². The molecule has 0 amide bonds. The van der Waals surface area contributed by atoms with Gasteiger partial charge >= 0.3 is 0 Å². The Morgan fingerprint density at radius 1 is 1.03 bits per heavy atom. The molecule has 0 spiro atoms. The number of aliphatic hydroxyl groups is 1. The van der Waals surface area contributed by atoms with Gasteiger partial charge in [-0.05, 0) is 49.9 Å². The summed E-state index contributed by atoms with van der Waals surface area (Å²) in [5, 5.41) is 28.3. The maximum atomic E-state index is 9.84. The molecule has 0 saturated carbocycles. The number of pyridine rings is 1. The van der Waals surface area contributed by atoms with Crippen LogP contribution in [0.3, 0.4) is 0 Å². The molecule has 3 heterocycles. The van der Waals surface area contributed by atoms with E-state index in [0.717, 1.165) is 11.4 Å². The minimum Gasteiger partial charge on any atom is -0.390 e. The van der Waals surface area contributed by atoms with Gasteiger partial charge in [0, 0.05) is 6.20 Å². The Morgan fingerprint density at radius 2 is 1.81 bits per heavy atom. The van der Waals surface area contributed by atoms with Gasteiger partial charge in [-0.15, -0.1) is 5.10 Å². The number of imidazole rings is 1. The van der Waals surface area contributed by atoms with Crippen molar-refractivity contribution >= 4 is 0 Å². The van der Waals surface area contributed by atoms with Crippen LogP contribution < -0.4 is 0 Å². The zero-order chi connectivity index (χ0) is 22.7. The van der Waals surface area contributed by atoms with Gasteiger partial charge in [-0.2, -0.15) is 10.4 Å². The molecule has 7 nitrogen and oxygen atoms in total. The van der Waals surface area contributed by atoms with Crippen molar-refractivity contribution < 1.29 is 5.11 Å². The van der Waals surface area contributed by atoms with Gasteiger partial charge in [-0.25, -0.2) is 9.97 Å². The standard InChI is InChI=1S/C25H24N6O/c1-16-4-6-19(7-5-16)17(2)10-22-20(12-26)11-23(30-29-22)21-8-9-25(24(14-32)28-21)31-13-18(3)27-15-31/h4-9,11,13,15,17,32H,10,14H2,1-3H3/t17-/m1/s1. The molecule has 0 aliphatic rings. The first-order valence-corrected chi connectivity index (χ1v) is 10.4. The summed E-state index contributed by atoms with van der Waals surface area (Å²) in [4.78, 5) is 8.78. The summed E-state index contributed by atoms with van der Waals surface area (Å²) in [6.45, 7) is 5.85. The number of benzene rings is 1. The van der Waals surface area contributed by atoms with Crippen LogP contribution in [0.4, 0.5) is 0 Å². The molecule has 1 atom stereocenters. The molecule has 0 saturated heterocycles. The van der Waals surface area contributed by atoms with Crippen molar-refractivity contribution in [2.24, 2.45) is 0 Å². The summed E-state index contributed by atoms with van der Waals surface area (Å²) in [7, 11) is 0. The van der Waals surface area contributed by atoms with Gasteiger partial charge in [0.25, 0.3) is 0 Å². The second-order valence-electron chi connectivity index (χ2n) is 7.96. The predicted molar refractivity (Wildman–Crippen MR) is 121 cm³/mol. The Hall–Kier alpha value is -3.89. The number of hydrogen-bond acceptors (Lipinski definition) is 6. The lowest BCUT2D eigenvalue weighted by molar-refractivity contribution is 0.276. The highest BCUT2D eigenvalue weighted by atomic mass is 16.3. The summed E-state index contributed by atoms with van der Waals surface area (Å²) in [6.07, 6.45) is 4.17. The summed E-state index contributed by atoms with van der Waals surface area (Å²) >= 11 is 0. The number of hydrogen-bond donors (Lipinski definition) is 1. The molecule has 160 valence electrons. The molecule has 1 N–H and O–H groups in total. The third-order valence-electron chi connectivity index (χ3n) is 5.49. The van der Waals surface area contributed by atoms with Crippen LogP contribution in [-0.4, -0.2) is 29.8 Å². The SMILES string of the molecule is Cc1ccc([C@H](C)Cc2nnc(-c3ccc(-n4cnc(C)c4)c(CO)n3)cc2C#N)cc1. The highest BCUT2D eigenvalue weighted by Crippen LogP contribution is 2.25. The average molecular weight is 425 g/mol. The van der Waals surface area contributed by atoms with E-state index in [1.807, 2.05) is 29.8 Å². The number of aliphatic hydroxyl groups excluding tert-OH is 1. The Balaban J connectivity index is 1.62. The predicted octanol–water partition coefficient (Wildman–Crippen LogP) is 4.05. The van der Waals surface area contributed by atoms with Crippen LogP contribution in [0.25, 0.3) is 17.1 Å². The molecular weight excluding hydrogens is 400 g/mol. The maximum Gasteiger partial charge on any atom is 0.113 e. The Kier molecular flexibility index (Phi) is 6.06. The molecule has 0 radical (unpaired) electrons. The third-order valence-corrected chi connectivity index (χ3v) is 5.49. The quantitative estimate of drug-likeness (QED) is 0.501. The van der Waals surface area contributed by atoms with Gasteiger partial charge in [0.15, 0.2) is 0 Å². The smallest absolute Gasteiger partial charge is 0.113 e. The molecule has 0 fully saturated rings. The van der Waals surface area contributed by atoms with E-state index in [1.165, 1.54) is 11.1 Å². The highest BCUT2D eigenvalue weighted by Gasteiger charge is 2.15. The van der Waals surface area contributed by atoms with Crippen molar-refractivity contribution in [1.82, 2.24) is 24.7 Å². The van der Waals surface area contributed by atoms with Crippen molar-refractivity contribution in [2.75, 3.05) is 0 Å². The first-order chi connectivity index (χ1) is 15.5. The van der Waals surface area contributed by atoms with Crippen molar-refractivity contribution in [2.45, 2.75) is 39.7 Å². The van der Waals surface area contributed by atoms with E-state index in [-0.39, 0.29) is 12.5 Å². The number of aromatic nitrogens is 5. The minimum atomic E-state index is -0.231. The van der Waals surface area contributed by atoms with E-state index in [4.69, 9.17) is 0 Å². The molecule has 4 aromatic rings. The van der Waals surface area contributed by atoms with Gasteiger partial charge in [-0.3, -0.25) is 0 Å². The monoisotopic (exact) mass is 424 g/mol. The summed E-state index contributed by atoms with van der Waals surface area (Å²) in [5.41, 5.74) is 6.72. The fourth-order valence-corrected chi connectivity index (χ4v) is 3.63. The fraction of sp³-hybridized carbons (Fsp3) is 0.240. The van der Waals surface area contributed by atoms with Gasteiger partial charge in [0.05, 0.1) is 47.0 Å². The molecular formula is C25H24N6O. The lowest BCUT2D eigenvalue weighted by Crippen LogP contribution is -2.06. The topological polar surface area (TPSA) is 101 Å². The second-order valence-corrected chi connectivity index (χ2v) is 7.96. The van der Waals surface area contributed by atoms with Crippen LogP contribution in [0, 0.1) is 25.2 Å². The van der Waals surface area contributed by atoms with Gasteiger partial charge in [-0.1, -0.05) is 36.8 Å². The average Bonchev–Trinajstić information content (AvgIpc) is 3.25. The molecule has 3 aromatic heterocycles. The number of aryl methyl sites for hydroxylation is 2. The lowest BCUT2D eigenvalue weighted by Gasteiger charge is -2.13. The summed E-state index contributed by atoms with van der Waals surface area (Å²) in [5.74, 6) is 0.208. The summed E-state index contributed by atoms with van der Waals surface area (Å²) < 4.78 is 1.82. The van der Waals surface area contributed by atoms with Crippen LogP contribution in [0.5, 0.6) is 0 Å². The maximum absolute atomic E-state index is 9.84. The first-order valence-electron chi connectivity index (χ1n) is 10.4. The Labute approximate surface area is 187 Å². The molecule has 0 bridgehead atoms. The van der Waals surface area contributed by atoms with Crippen molar-refractivity contribution in [3.63, 3.8) is 0 Å². The van der Waals surface area contributed by atoms with Crippen molar-refractivity contribution in [3.05, 3.63) is 88.8 Å². The largest absolute Gasteiger partial charge is 0.390 e. The van der Waals surface area contributed by atoms with Crippen LogP contribution >= 0.6 is 0 Å². The van der Waals surface area contributed by atoms with E-state index >= 15 is 0 Å². The second kappa shape index (κ2) is 9.08. The minimum absolute atomic E-state index is 0.208. The van der Waals surface area contributed by atoms with Gasteiger partial charge in [0.1, 0.15) is 11.8 Å². The number of nitrogens with zero attached hydrogens (tertiary/aromatic N) is 6. The van der Waals surface area contributed by atoms with E-state index in [0.29, 0.717) is 34.8 Å². The van der Waals surface area contributed by atoms with Crippen LogP contribution in [0.2, 0.25) is 0 Å². The van der Waals surface area contributed by atoms with E-state index in [9.17, 15) is 10.4 Å². The molecule has 4 rings (SSSR count). The third kappa shape index (κ3) is 4.41. The Morgan fingerprint density at radius 3 is 2.47 bits per heavy atom. The highest BCUT2D eigenvalue weighted by molar-refractivity contribution is 5.59. The van der Waals surface area contributed by atoms with Crippen LogP contribution in [0.1, 0.15) is 46.6 Å². The van der Waals surface area contributed by atoms with Gasteiger partial charge < -0.3 is 9.67 Å². The lowest BCUT2D eigenvalue weighted by atomic mass is 9.94. The zero-order valence-electron chi connectivity index (χ0n) is 18.3. The summed E-state index contributed by atoms with van der Waals surface area (Å²) in [6, 6.07) is 16.0. The zero-order valence-corrected chi connectivity index (χ0v) is 18.3. The van der Waals surface area contributed by atoms with Crippen LogP contribution in [0.15, 0.2) is 55.0 Å². The number of nitriles is 1. The normalized spacial score (nSPS) is 11.8. The molecule has 32 heavy (non-hydrogen) atoms. The van der Waals surface area contributed by atoms with E-state index in [1.54, 1.807) is 12.4 Å².